The van der Waals surface area contributed by atoms with Crippen LogP contribution in [-0.2, 0) is 4.74 Å². The SMILES string of the molecule is Cc1cc(F)cc(-c2nc(N)nc(N3CCOCC3)n2)c1. The molecule has 2 heterocycles. The lowest BCUT2D eigenvalue weighted by Crippen LogP contribution is -2.37. The molecule has 0 saturated carbocycles. The van der Waals surface area contributed by atoms with Crippen molar-refractivity contribution in [1.29, 1.82) is 0 Å². The van der Waals surface area contributed by atoms with E-state index in [4.69, 9.17) is 10.5 Å². The number of morpholine rings is 1. The van der Waals surface area contributed by atoms with Gasteiger partial charge in [-0.3, -0.25) is 0 Å². The van der Waals surface area contributed by atoms with Gasteiger partial charge in [0, 0.05) is 18.7 Å². The van der Waals surface area contributed by atoms with Gasteiger partial charge in [-0.25, -0.2) is 4.39 Å². The fraction of sp³-hybridized carbons (Fsp3) is 0.357. The summed E-state index contributed by atoms with van der Waals surface area (Å²) in [5.74, 6) is 0.689. The van der Waals surface area contributed by atoms with Gasteiger partial charge in [0.05, 0.1) is 13.2 Å². The number of hydrogen-bond donors (Lipinski definition) is 1. The molecule has 2 aromatic rings. The zero-order valence-electron chi connectivity index (χ0n) is 11.7. The Bertz CT molecular complexity index is 638. The average Bonchev–Trinajstić information content (AvgIpc) is 2.46. The Hall–Kier alpha value is -2.28. The first kappa shape index (κ1) is 13.7. The minimum Gasteiger partial charge on any atom is -0.378 e. The van der Waals surface area contributed by atoms with Gasteiger partial charge in [-0.05, 0) is 30.7 Å². The van der Waals surface area contributed by atoms with Crippen LogP contribution in [0.15, 0.2) is 18.2 Å². The highest BCUT2D eigenvalue weighted by Crippen LogP contribution is 2.21. The molecule has 0 spiro atoms. The average molecular weight is 289 g/mol. The molecular weight excluding hydrogens is 273 g/mol. The van der Waals surface area contributed by atoms with Crippen LogP contribution in [0.3, 0.4) is 0 Å². The molecule has 1 aromatic carbocycles. The van der Waals surface area contributed by atoms with Crippen LogP contribution in [0, 0.1) is 12.7 Å². The van der Waals surface area contributed by atoms with E-state index in [0.717, 1.165) is 5.56 Å². The molecule has 1 fully saturated rings. The van der Waals surface area contributed by atoms with Crippen molar-refractivity contribution in [1.82, 2.24) is 15.0 Å². The summed E-state index contributed by atoms with van der Waals surface area (Å²) in [6.45, 7) is 4.47. The van der Waals surface area contributed by atoms with Crippen LogP contribution in [0.5, 0.6) is 0 Å². The summed E-state index contributed by atoms with van der Waals surface area (Å²) in [4.78, 5) is 14.7. The summed E-state index contributed by atoms with van der Waals surface area (Å²) in [6.07, 6.45) is 0. The molecule has 1 saturated heterocycles. The zero-order chi connectivity index (χ0) is 14.8. The Kier molecular flexibility index (Phi) is 3.66. The van der Waals surface area contributed by atoms with E-state index < -0.39 is 0 Å². The molecular formula is C14H16FN5O. The number of hydrogen-bond acceptors (Lipinski definition) is 6. The number of benzene rings is 1. The fourth-order valence-electron chi connectivity index (χ4n) is 2.28. The van der Waals surface area contributed by atoms with Crippen LogP contribution < -0.4 is 10.6 Å². The Balaban J connectivity index is 2.00. The van der Waals surface area contributed by atoms with E-state index in [0.29, 0.717) is 43.6 Å². The monoisotopic (exact) mass is 289 g/mol. The number of rotatable bonds is 2. The van der Waals surface area contributed by atoms with E-state index in [1.165, 1.54) is 12.1 Å². The lowest BCUT2D eigenvalue weighted by molar-refractivity contribution is 0.122. The summed E-state index contributed by atoms with van der Waals surface area (Å²) in [7, 11) is 0. The van der Waals surface area contributed by atoms with Crippen molar-refractivity contribution >= 4 is 11.9 Å². The number of nitrogens with zero attached hydrogens (tertiary/aromatic N) is 4. The Labute approximate surface area is 121 Å². The van der Waals surface area contributed by atoms with Crippen molar-refractivity contribution < 1.29 is 9.13 Å². The number of anilines is 2. The first-order chi connectivity index (χ1) is 10.1. The predicted octanol–water partition coefficient (Wildman–Crippen LogP) is 1.40. The van der Waals surface area contributed by atoms with Crippen molar-refractivity contribution in [3.63, 3.8) is 0 Å². The number of aromatic nitrogens is 3. The standard InChI is InChI=1S/C14H16FN5O/c1-9-6-10(8-11(15)7-9)12-17-13(16)19-14(18-12)20-2-4-21-5-3-20/h6-8H,2-5H2,1H3,(H2,16,17,18,19). The molecule has 0 aliphatic carbocycles. The van der Waals surface area contributed by atoms with Crippen LogP contribution >= 0.6 is 0 Å². The van der Waals surface area contributed by atoms with Gasteiger partial charge in [0.1, 0.15) is 5.82 Å². The molecule has 2 N–H and O–H groups in total. The molecule has 1 aliphatic heterocycles. The lowest BCUT2D eigenvalue weighted by Gasteiger charge is -2.26. The fourth-order valence-corrected chi connectivity index (χ4v) is 2.28. The minimum atomic E-state index is -0.322. The smallest absolute Gasteiger partial charge is 0.230 e. The molecule has 0 atom stereocenters. The second kappa shape index (κ2) is 5.61. The van der Waals surface area contributed by atoms with Gasteiger partial charge in [-0.15, -0.1) is 0 Å². The highest BCUT2D eigenvalue weighted by Gasteiger charge is 2.16. The quantitative estimate of drug-likeness (QED) is 0.900. The first-order valence-corrected chi connectivity index (χ1v) is 6.73. The Morgan fingerprint density at radius 1 is 1.14 bits per heavy atom. The summed E-state index contributed by atoms with van der Waals surface area (Å²) in [6, 6.07) is 4.67. The van der Waals surface area contributed by atoms with Gasteiger partial charge in [-0.1, -0.05) is 0 Å². The maximum atomic E-state index is 13.5. The van der Waals surface area contributed by atoms with Gasteiger partial charge < -0.3 is 15.4 Å². The number of nitrogen functional groups attached to an aromatic ring is 1. The second-order valence-corrected chi connectivity index (χ2v) is 4.93. The van der Waals surface area contributed by atoms with Crippen LogP contribution in [0.25, 0.3) is 11.4 Å². The Morgan fingerprint density at radius 3 is 2.62 bits per heavy atom. The summed E-state index contributed by atoms with van der Waals surface area (Å²) >= 11 is 0. The van der Waals surface area contributed by atoms with E-state index in [1.807, 2.05) is 17.9 Å². The van der Waals surface area contributed by atoms with Crippen LogP contribution in [0.2, 0.25) is 0 Å². The molecule has 1 aromatic heterocycles. The van der Waals surface area contributed by atoms with Crippen LogP contribution in [-0.4, -0.2) is 41.3 Å². The van der Waals surface area contributed by atoms with E-state index in [2.05, 4.69) is 15.0 Å². The van der Waals surface area contributed by atoms with Crippen molar-refractivity contribution in [2.45, 2.75) is 6.92 Å². The Morgan fingerprint density at radius 2 is 1.90 bits per heavy atom. The van der Waals surface area contributed by atoms with Crippen molar-refractivity contribution in [2.24, 2.45) is 0 Å². The molecule has 6 nitrogen and oxygen atoms in total. The van der Waals surface area contributed by atoms with Crippen molar-refractivity contribution in [3.8, 4) is 11.4 Å². The highest BCUT2D eigenvalue weighted by molar-refractivity contribution is 5.59. The number of halogens is 1. The third-order valence-electron chi connectivity index (χ3n) is 3.24. The van der Waals surface area contributed by atoms with Crippen molar-refractivity contribution in [3.05, 3.63) is 29.6 Å². The molecule has 1 aliphatic rings. The van der Waals surface area contributed by atoms with Gasteiger partial charge in [0.15, 0.2) is 5.82 Å². The van der Waals surface area contributed by atoms with Crippen LogP contribution in [0.4, 0.5) is 16.3 Å². The lowest BCUT2D eigenvalue weighted by atomic mass is 10.1. The molecule has 0 amide bonds. The minimum absolute atomic E-state index is 0.128. The van der Waals surface area contributed by atoms with E-state index in [-0.39, 0.29) is 11.8 Å². The maximum absolute atomic E-state index is 13.5. The third kappa shape index (κ3) is 3.08. The highest BCUT2D eigenvalue weighted by atomic mass is 19.1. The topological polar surface area (TPSA) is 77.2 Å². The van der Waals surface area contributed by atoms with Gasteiger partial charge in [0.2, 0.25) is 11.9 Å². The van der Waals surface area contributed by atoms with E-state index in [1.54, 1.807) is 0 Å². The molecule has 0 radical (unpaired) electrons. The summed E-state index contributed by atoms with van der Waals surface area (Å²) in [5.41, 5.74) is 7.16. The zero-order valence-corrected chi connectivity index (χ0v) is 11.7. The molecule has 110 valence electrons. The molecule has 7 heteroatoms. The predicted molar refractivity (Wildman–Crippen MR) is 77.4 cm³/mol. The largest absolute Gasteiger partial charge is 0.378 e. The summed E-state index contributed by atoms with van der Waals surface area (Å²) in [5, 5.41) is 0. The van der Waals surface area contributed by atoms with Gasteiger partial charge in [0.25, 0.3) is 0 Å². The van der Waals surface area contributed by atoms with Crippen LogP contribution in [0.1, 0.15) is 5.56 Å². The molecule has 0 bridgehead atoms. The van der Waals surface area contributed by atoms with Gasteiger partial charge in [-0.2, -0.15) is 15.0 Å². The first-order valence-electron chi connectivity index (χ1n) is 6.73. The molecule has 0 unspecified atom stereocenters. The normalized spacial score (nSPS) is 15.2. The van der Waals surface area contributed by atoms with Crippen molar-refractivity contribution in [2.75, 3.05) is 36.9 Å². The number of nitrogens with two attached hydrogens (primary N) is 1. The number of ether oxygens (including phenoxy) is 1. The molecule has 3 rings (SSSR count). The third-order valence-corrected chi connectivity index (χ3v) is 3.24. The van der Waals surface area contributed by atoms with E-state index >= 15 is 0 Å². The number of aryl methyl sites for hydroxylation is 1. The summed E-state index contributed by atoms with van der Waals surface area (Å²) < 4.78 is 18.8. The van der Waals surface area contributed by atoms with E-state index in [9.17, 15) is 4.39 Å². The molecule has 21 heavy (non-hydrogen) atoms. The van der Waals surface area contributed by atoms with Gasteiger partial charge >= 0.3 is 0 Å². The maximum Gasteiger partial charge on any atom is 0.230 e. The second-order valence-electron chi connectivity index (χ2n) is 4.93.